The van der Waals surface area contributed by atoms with Gasteiger partial charge in [0.15, 0.2) is 6.61 Å². The standard InChI is InChI=1S/C25H26N2O3S/c1-16(2)14-26-22(28)15-30-25(29)23-19-9-3-4-11-21(19)27-24-17(7-5-10-20(23)24)13-18-8-6-12-31-18/h3-4,6,8-9,11-13,16H,5,7,10,14-15H2,1-2H3,(H,26,28). The van der Waals surface area contributed by atoms with Crippen LogP contribution in [0.4, 0.5) is 0 Å². The molecule has 3 aromatic rings. The van der Waals surface area contributed by atoms with Gasteiger partial charge in [0.1, 0.15) is 0 Å². The van der Waals surface area contributed by atoms with Crippen molar-refractivity contribution in [3.8, 4) is 0 Å². The van der Waals surface area contributed by atoms with Gasteiger partial charge in [-0.25, -0.2) is 9.78 Å². The molecule has 0 saturated heterocycles. The minimum Gasteiger partial charge on any atom is -0.452 e. The molecule has 1 N–H and O–H groups in total. The van der Waals surface area contributed by atoms with Crippen molar-refractivity contribution in [1.82, 2.24) is 10.3 Å². The Morgan fingerprint density at radius 1 is 1.19 bits per heavy atom. The van der Waals surface area contributed by atoms with Gasteiger partial charge in [0, 0.05) is 16.8 Å². The highest BCUT2D eigenvalue weighted by Crippen LogP contribution is 2.36. The number of hydrogen-bond donors (Lipinski definition) is 1. The van der Waals surface area contributed by atoms with Crippen LogP contribution in [0.25, 0.3) is 22.6 Å². The van der Waals surface area contributed by atoms with Crippen LogP contribution in [-0.4, -0.2) is 30.0 Å². The van der Waals surface area contributed by atoms with Crippen LogP contribution in [0, 0.1) is 5.92 Å². The van der Waals surface area contributed by atoms with Gasteiger partial charge in [0.25, 0.3) is 5.91 Å². The van der Waals surface area contributed by atoms with E-state index in [4.69, 9.17) is 9.72 Å². The number of nitrogens with zero attached hydrogens (tertiary/aromatic N) is 1. The molecule has 1 aliphatic rings. The Kier molecular flexibility index (Phi) is 6.47. The van der Waals surface area contributed by atoms with Crippen LogP contribution in [-0.2, 0) is 16.0 Å². The van der Waals surface area contributed by atoms with Gasteiger partial charge in [0.2, 0.25) is 0 Å². The maximum atomic E-state index is 13.1. The Hall–Kier alpha value is -2.99. The fourth-order valence-corrected chi connectivity index (χ4v) is 4.51. The summed E-state index contributed by atoms with van der Waals surface area (Å²) in [6.07, 6.45) is 4.79. The number of allylic oxidation sites excluding steroid dienone is 1. The van der Waals surface area contributed by atoms with Crippen molar-refractivity contribution in [2.75, 3.05) is 13.2 Å². The lowest BCUT2D eigenvalue weighted by molar-refractivity contribution is -0.124. The van der Waals surface area contributed by atoms with Crippen molar-refractivity contribution < 1.29 is 14.3 Å². The summed E-state index contributed by atoms with van der Waals surface area (Å²) in [5.74, 6) is -0.413. The van der Waals surface area contributed by atoms with E-state index in [-0.39, 0.29) is 12.5 Å². The molecule has 2 heterocycles. The topological polar surface area (TPSA) is 68.3 Å². The molecule has 1 aliphatic carbocycles. The largest absolute Gasteiger partial charge is 0.452 e. The Morgan fingerprint density at radius 2 is 2.03 bits per heavy atom. The Labute approximate surface area is 186 Å². The third kappa shape index (κ3) is 4.85. The van der Waals surface area contributed by atoms with Crippen LogP contribution in [0.1, 0.15) is 53.2 Å². The monoisotopic (exact) mass is 434 g/mol. The average molecular weight is 435 g/mol. The Morgan fingerprint density at radius 3 is 2.81 bits per heavy atom. The van der Waals surface area contributed by atoms with E-state index >= 15 is 0 Å². The van der Waals surface area contributed by atoms with Gasteiger partial charge in [-0.1, -0.05) is 38.1 Å². The number of hydrogen-bond acceptors (Lipinski definition) is 5. The van der Waals surface area contributed by atoms with E-state index in [1.54, 1.807) is 11.3 Å². The number of pyridine rings is 1. The molecule has 6 heteroatoms. The lowest BCUT2D eigenvalue weighted by Crippen LogP contribution is -2.31. The third-order valence-electron chi connectivity index (χ3n) is 5.28. The molecular weight excluding hydrogens is 408 g/mol. The highest BCUT2D eigenvalue weighted by molar-refractivity contribution is 7.10. The van der Waals surface area contributed by atoms with Gasteiger partial charge in [-0.3, -0.25) is 4.79 Å². The molecule has 160 valence electrons. The fraction of sp³-hybridized carbons (Fsp3) is 0.320. The predicted octanol–water partition coefficient (Wildman–Crippen LogP) is 5.10. The van der Waals surface area contributed by atoms with E-state index in [0.717, 1.165) is 47.0 Å². The number of rotatable bonds is 6. The summed E-state index contributed by atoms with van der Waals surface area (Å²) in [4.78, 5) is 31.3. The molecule has 1 aromatic carbocycles. The summed E-state index contributed by atoms with van der Waals surface area (Å²) >= 11 is 1.68. The zero-order valence-electron chi connectivity index (χ0n) is 17.8. The number of thiophene rings is 1. The summed E-state index contributed by atoms with van der Waals surface area (Å²) in [5, 5.41) is 5.61. The van der Waals surface area contributed by atoms with Gasteiger partial charge in [-0.2, -0.15) is 0 Å². The molecule has 4 rings (SSSR count). The number of esters is 1. The molecule has 0 bridgehead atoms. The van der Waals surface area contributed by atoms with E-state index in [2.05, 4.69) is 22.8 Å². The number of amides is 1. The average Bonchev–Trinajstić information content (AvgIpc) is 3.28. The Bertz CT molecular complexity index is 1130. The van der Waals surface area contributed by atoms with Crippen molar-refractivity contribution in [2.24, 2.45) is 5.92 Å². The molecule has 0 fully saturated rings. The van der Waals surface area contributed by atoms with Crippen LogP contribution in [0.2, 0.25) is 0 Å². The molecule has 0 aliphatic heterocycles. The number of aromatic nitrogens is 1. The Balaban J connectivity index is 1.70. The first kappa shape index (κ1) is 21.2. The maximum Gasteiger partial charge on any atom is 0.339 e. The van der Waals surface area contributed by atoms with Crippen LogP contribution in [0.15, 0.2) is 41.8 Å². The second kappa shape index (κ2) is 9.43. The minimum absolute atomic E-state index is 0.283. The zero-order chi connectivity index (χ0) is 21.8. The van der Waals surface area contributed by atoms with Gasteiger partial charge < -0.3 is 10.1 Å². The molecule has 5 nitrogen and oxygen atoms in total. The smallest absolute Gasteiger partial charge is 0.339 e. The van der Waals surface area contributed by atoms with Crippen molar-refractivity contribution in [2.45, 2.75) is 33.1 Å². The normalized spacial score (nSPS) is 14.6. The van der Waals surface area contributed by atoms with Crippen molar-refractivity contribution >= 4 is 45.8 Å². The van der Waals surface area contributed by atoms with Crippen molar-refractivity contribution in [3.63, 3.8) is 0 Å². The second-order valence-corrected chi connectivity index (χ2v) is 9.12. The van der Waals surface area contributed by atoms with E-state index in [0.29, 0.717) is 18.0 Å². The zero-order valence-corrected chi connectivity index (χ0v) is 18.6. The highest BCUT2D eigenvalue weighted by Gasteiger charge is 2.26. The number of carbonyl (C=O) groups excluding carboxylic acids is 2. The third-order valence-corrected chi connectivity index (χ3v) is 6.10. The van der Waals surface area contributed by atoms with Gasteiger partial charge in [0.05, 0.1) is 16.8 Å². The number of ether oxygens (including phenoxy) is 1. The number of benzene rings is 1. The number of carbonyl (C=O) groups is 2. The van der Waals surface area contributed by atoms with E-state index in [1.807, 2.05) is 44.2 Å². The molecule has 0 atom stereocenters. The first-order valence-electron chi connectivity index (χ1n) is 10.6. The quantitative estimate of drug-likeness (QED) is 0.548. The first-order chi connectivity index (χ1) is 15.0. The summed E-state index contributed by atoms with van der Waals surface area (Å²) in [6, 6.07) is 11.7. The molecule has 0 radical (unpaired) electrons. The van der Waals surface area contributed by atoms with Crippen LogP contribution in [0.5, 0.6) is 0 Å². The lowest BCUT2D eigenvalue weighted by atomic mass is 9.86. The summed E-state index contributed by atoms with van der Waals surface area (Å²) in [6.45, 7) is 4.31. The summed E-state index contributed by atoms with van der Waals surface area (Å²) < 4.78 is 5.44. The number of nitrogens with one attached hydrogen (secondary N) is 1. The van der Waals surface area contributed by atoms with Crippen LogP contribution >= 0.6 is 11.3 Å². The summed E-state index contributed by atoms with van der Waals surface area (Å²) in [7, 11) is 0. The van der Waals surface area contributed by atoms with Crippen molar-refractivity contribution in [1.29, 1.82) is 0 Å². The van der Waals surface area contributed by atoms with Crippen LogP contribution in [0.3, 0.4) is 0 Å². The van der Waals surface area contributed by atoms with E-state index in [9.17, 15) is 9.59 Å². The first-order valence-corrected chi connectivity index (χ1v) is 11.5. The SMILES string of the molecule is CC(C)CNC(=O)COC(=O)c1c2c(nc3ccccc13)C(=Cc1cccs1)CCC2. The van der Waals surface area contributed by atoms with Crippen LogP contribution < -0.4 is 5.32 Å². The van der Waals surface area contributed by atoms with Gasteiger partial charge >= 0.3 is 5.97 Å². The molecule has 31 heavy (non-hydrogen) atoms. The van der Waals surface area contributed by atoms with Crippen molar-refractivity contribution in [3.05, 3.63) is 63.5 Å². The predicted molar refractivity (Wildman–Crippen MR) is 125 cm³/mol. The van der Waals surface area contributed by atoms with E-state index < -0.39 is 5.97 Å². The maximum absolute atomic E-state index is 13.1. The molecule has 0 spiro atoms. The summed E-state index contributed by atoms with van der Waals surface area (Å²) in [5.41, 5.74) is 4.22. The fourth-order valence-electron chi connectivity index (χ4n) is 3.83. The molecule has 0 saturated carbocycles. The van der Waals surface area contributed by atoms with Gasteiger partial charge in [-0.15, -0.1) is 11.3 Å². The number of para-hydroxylation sites is 1. The van der Waals surface area contributed by atoms with E-state index in [1.165, 1.54) is 4.88 Å². The lowest BCUT2D eigenvalue weighted by Gasteiger charge is -2.22. The molecule has 0 unspecified atom stereocenters. The molecule has 2 aromatic heterocycles. The minimum atomic E-state index is -0.466. The highest BCUT2D eigenvalue weighted by atomic mass is 32.1. The molecular formula is C25H26N2O3S. The number of fused-ring (bicyclic) bond motifs is 2. The molecule has 1 amide bonds. The van der Waals surface area contributed by atoms with Gasteiger partial charge in [-0.05, 0) is 59.9 Å². The second-order valence-electron chi connectivity index (χ2n) is 8.14.